The van der Waals surface area contributed by atoms with Crippen molar-refractivity contribution in [1.82, 2.24) is 5.32 Å². The zero-order valence-electron chi connectivity index (χ0n) is 24.0. The Morgan fingerprint density at radius 2 is 1.79 bits per heavy atom. The van der Waals surface area contributed by atoms with Crippen LogP contribution in [0.3, 0.4) is 0 Å². The highest BCUT2D eigenvalue weighted by atomic mass is 16.5. The fraction of sp³-hybridized carbons (Fsp3) is 0.364. The Morgan fingerprint density at radius 3 is 2.49 bits per heavy atom. The van der Waals surface area contributed by atoms with E-state index in [0.29, 0.717) is 0 Å². The van der Waals surface area contributed by atoms with E-state index in [9.17, 15) is 34.8 Å². The van der Waals surface area contributed by atoms with E-state index in [0.717, 1.165) is 31.6 Å². The smallest absolute Gasteiger partial charge is 0.338 e. The van der Waals surface area contributed by atoms with Gasteiger partial charge in [0.2, 0.25) is 11.4 Å². The molecular weight excluding hydrogens is 552 g/mol. The number of aliphatic hydroxyl groups is 4. The van der Waals surface area contributed by atoms with Gasteiger partial charge < -0.3 is 35.4 Å². The fourth-order valence-electron chi connectivity index (χ4n) is 5.53. The molecular formula is C33H38N2O8. The highest BCUT2D eigenvalue weighted by molar-refractivity contribution is 6.12. The summed E-state index contributed by atoms with van der Waals surface area (Å²) in [6.07, 6.45) is -4.27. The van der Waals surface area contributed by atoms with E-state index < -0.39 is 35.7 Å². The summed E-state index contributed by atoms with van der Waals surface area (Å²) in [6, 6.07) is 21.1. The molecule has 0 unspecified atom stereocenters. The van der Waals surface area contributed by atoms with E-state index in [4.69, 9.17) is 0 Å². The second-order valence-corrected chi connectivity index (χ2v) is 10.9. The molecule has 10 nitrogen and oxygen atoms in total. The lowest BCUT2D eigenvalue weighted by Crippen LogP contribution is -2.59. The molecule has 4 rings (SSSR count). The number of ether oxygens (including phenoxy) is 1. The molecule has 1 fully saturated rings. The molecule has 1 heterocycles. The van der Waals surface area contributed by atoms with Gasteiger partial charge in [-0.25, -0.2) is 4.79 Å². The average Bonchev–Trinajstić information content (AvgIpc) is 3.05. The topological polar surface area (TPSA) is 157 Å². The van der Waals surface area contributed by atoms with Crippen molar-refractivity contribution in [3.63, 3.8) is 0 Å². The van der Waals surface area contributed by atoms with Gasteiger partial charge in [0, 0.05) is 36.4 Å². The molecule has 228 valence electrons. The van der Waals surface area contributed by atoms with Crippen LogP contribution in [-0.4, -0.2) is 88.1 Å². The number of rotatable bonds is 13. The van der Waals surface area contributed by atoms with Crippen molar-refractivity contribution in [3.05, 3.63) is 90.5 Å². The van der Waals surface area contributed by atoms with Crippen LogP contribution >= 0.6 is 0 Å². The fourth-order valence-corrected chi connectivity index (χ4v) is 5.53. The minimum atomic E-state index is -3.13. The lowest BCUT2D eigenvalue weighted by molar-refractivity contribution is -0.173. The average molecular weight is 591 g/mol. The first-order valence-electron chi connectivity index (χ1n) is 14.2. The van der Waals surface area contributed by atoms with Crippen LogP contribution in [0, 0.1) is 0 Å². The highest BCUT2D eigenvalue weighted by Crippen LogP contribution is 2.28. The number of benzene rings is 3. The maximum atomic E-state index is 13.1. The molecule has 3 aromatic carbocycles. The molecule has 1 aliphatic rings. The summed E-state index contributed by atoms with van der Waals surface area (Å²) in [5.74, 6) is -2.52. The highest BCUT2D eigenvalue weighted by Gasteiger charge is 2.50. The molecule has 0 radical (unpaired) electrons. The number of aldehydes is 1. The lowest BCUT2D eigenvalue weighted by Gasteiger charge is -2.36. The first-order chi connectivity index (χ1) is 20.6. The minimum absolute atomic E-state index is 0.107. The van der Waals surface area contributed by atoms with Crippen LogP contribution in [0.15, 0.2) is 79.4 Å². The second-order valence-electron chi connectivity index (χ2n) is 10.9. The largest absolute Gasteiger partial charge is 0.459 e. The summed E-state index contributed by atoms with van der Waals surface area (Å²) in [4.78, 5) is 38.9. The van der Waals surface area contributed by atoms with E-state index in [-0.39, 0.29) is 30.5 Å². The zero-order chi connectivity index (χ0) is 31.1. The van der Waals surface area contributed by atoms with Gasteiger partial charge in [0.15, 0.2) is 12.4 Å². The van der Waals surface area contributed by atoms with Crippen LogP contribution in [-0.2, 0) is 14.3 Å². The van der Waals surface area contributed by atoms with Crippen LogP contribution in [0.1, 0.15) is 41.7 Å². The van der Waals surface area contributed by atoms with Crippen molar-refractivity contribution in [1.29, 1.82) is 0 Å². The third kappa shape index (κ3) is 7.01. The van der Waals surface area contributed by atoms with E-state index in [2.05, 4.69) is 58.8 Å². The van der Waals surface area contributed by atoms with E-state index in [1.165, 1.54) is 34.5 Å². The normalized spacial score (nSPS) is 19.5. The minimum Gasteiger partial charge on any atom is -0.459 e. The summed E-state index contributed by atoms with van der Waals surface area (Å²) >= 11 is 0. The molecule has 0 aromatic heterocycles. The van der Waals surface area contributed by atoms with Crippen LogP contribution in [0.25, 0.3) is 10.8 Å². The molecule has 1 saturated heterocycles. The molecule has 6 atom stereocenters. The number of hydrogen-bond acceptors (Lipinski definition) is 10. The maximum absolute atomic E-state index is 13.1. The Balaban J connectivity index is 1.42. The third-order valence-electron chi connectivity index (χ3n) is 7.92. The van der Waals surface area contributed by atoms with Crippen LogP contribution in [0.4, 0.5) is 5.69 Å². The zero-order valence-corrected chi connectivity index (χ0v) is 24.0. The molecule has 1 aliphatic heterocycles. The van der Waals surface area contributed by atoms with Crippen LogP contribution in [0.2, 0.25) is 0 Å². The monoisotopic (exact) mass is 590 g/mol. The molecule has 10 heteroatoms. The Kier molecular flexibility index (Phi) is 10.4. The number of piperidine rings is 1. The summed E-state index contributed by atoms with van der Waals surface area (Å²) in [7, 11) is 0. The standard InChI is InChI=1S/C33H38N2O8/c1-3-18-43-32(41)29(38)28(37)31(40)33(42,20-36)30(39)23-13-15-25(16-14-23)35-17-7-10-24(19-35)34-21(2)26-12-6-9-22-8-4-5-11-27(22)26/h3-6,8-9,11-16,20-21,24,28-29,31,34,37-38,40,42H,1,7,10,17-19H2,2H3/t21-,24+,28-,29+,31+,33-/m1/s1. The summed E-state index contributed by atoms with van der Waals surface area (Å²) in [5, 5.41) is 47.6. The molecule has 43 heavy (non-hydrogen) atoms. The van der Waals surface area contributed by atoms with Gasteiger partial charge in [-0.15, -0.1) is 0 Å². The predicted octanol–water partition coefficient (Wildman–Crippen LogP) is 2.08. The number of anilines is 1. The van der Waals surface area contributed by atoms with E-state index >= 15 is 0 Å². The van der Waals surface area contributed by atoms with Gasteiger partial charge in [-0.2, -0.15) is 0 Å². The summed E-state index contributed by atoms with van der Waals surface area (Å²) < 4.78 is 4.61. The van der Waals surface area contributed by atoms with Gasteiger partial charge in [0.1, 0.15) is 18.8 Å². The number of nitrogens with zero attached hydrogens (tertiary/aromatic N) is 1. The lowest BCUT2D eigenvalue weighted by atomic mass is 9.84. The van der Waals surface area contributed by atoms with E-state index in [1.54, 1.807) is 12.1 Å². The van der Waals surface area contributed by atoms with Crippen molar-refractivity contribution in [2.75, 3.05) is 24.6 Å². The van der Waals surface area contributed by atoms with Gasteiger partial charge in [-0.3, -0.25) is 9.59 Å². The summed E-state index contributed by atoms with van der Waals surface area (Å²) in [5.41, 5.74) is -1.17. The number of carbonyl (C=O) groups is 3. The Bertz CT molecular complexity index is 1440. The molecule has 0 bridgehead atoms. The molecule has 3 aromatic rings. The van der Waals surface area contributed by atoms with Crippen molar-refractivity contribution in [3.8, 4) is 0 Å². The Labute approximate surface area is 250 Å². The van der Waals surface area contributed by atoms with Gasteiger partial charge >= 0.3 is 5.97 Å². The number of fused-ring (bicyclic) bond motifs is 1. The molecule has 5 N–H and O–H groups in total. The number of Topliss-reactive ketones (excluding diaryl/α,β-unsaturated/α-hetero) is 1. The SMILES string of the molecule is C=CCOC(=O)[C@@H](O)[C@@H](O)[C@H](O)[C@@](O)(C=O)C(=O)c1ccc(N2CCC[C@H](N[C@H](C)c3cccc4ccccc34)C2)cc1. The second kappa shape index (κ2) is 14.0. The van der Waals surface area contributed by atoms with Crippen molar-refractivity contribution in [2.24, 2.45) is 0 Å². The van der Waals surface area contributed by atoms with E-state index in [1.807, 2.05) is 12.1 Å². The first-order valence-corrected chi connectivity index (χ1v) is 14.2. The Morgan fingerprint density at radius 1 is 1.09 bits per heavy atom. The van der Waals surface area contributed by atoms with Gasteiger partial charge in [-0.1, -0.05) is 55.1 Å². The van der Waals surface area contributed by atoms with Gasteiger partial charge in [0.25, 0.3) is 0 Å². The number of carbonyl (C=O) groups excluding carboxylic acids is 3. The van der Waals surface area contributed by atoms with Crippen LogP contribution < -0.4 is 10.2 Å². The number of nitrogens with one attached hydrogen (secondary N) is 1. The molecule has 0 amide bonds. The van der Waals surface area contributed by atoms with Crippen molar-refractivity contribution in [2.45, 2.75) is 55.8 Å². The Hall–Kier alpha value is -3.93. The number of ketones is 1. The third-order valence-corrected chi connectivity index (χ3v) is 7.92. The quantitative estimate of drug-likeness (QED) is 0.0657. The van der Waals surface area contributed by atoms with Gasteiger partial charge in [-0.05, 0) is 60.4 Å². The number of esters is 1. The van der Waals surface area contributed by atoms with Gasteiger partial charge in [0.05, 0.1) is 0 Å². The number of aliphatic hydroxyl groups excluding tert-OH is 3. The molecule has 0 saturated carbocycles. The molecule has 0 spiro atoms. The van der Waals surface area contributed by atoms with Crippen LogP contribution in [0.5, 0.6) is 0 Å². The summed E-state index contributed by atoms with van der Waals surface area (Å²) in [6.45, 7) is 6.75. The van der Waals surface area contributed by atoms with Crippen molar-refractivity contribution < 1.29 is 39.5 Å². The maximum Gasteiger partial charge on any atom is 0.338 e. The number of hydrogen-bond donors (Lipinski definition) is 5. The predicted molar refractivity (Wildman–Crippen MR) is 162 cm³/mol. The first kappa shape index (κ1) is 32.0. The molecule has 0 aliphatic carbocycles. The van der Waals surface area contributed by atoms with Crippen molar-refractivity contribution >= 4 is 34.5 Å².